The van der Waals surface area contributed by atoms with Crippen LogP contribution in [0.5, 0.6) is 0 Å². The number of rotatable bonds is 0. The van der Waals surface area contributed by atoms with Crippen LogP contribution in [0.1, 0.15) is 0 Å². The van der Waals surface area contributed by atoms with Gasteiger partial charge in [-0.05, 0) is 7.05 Å². The summed E-state index contributed by atoms with van der Waals surface area (Å²) in [7, 11) is 2.18. The van der Waals surface area contributed by atoms with E-state index in [9.17, 15) is 4.79 Å². The molecule has 7 heteroatoms. The lowest BCUT2D eigenvalue weighted by molar-refractivity contribution is -0.153. The fourth-order valence-electron chi connectivity index (χ4n) is 4.48. The Labute approximate surface area is 131 Å². The van der Waals surface area contributed by atoms with Crippen molar-refractivity contribution in [3.63, 3.8) is 0 Å². The van der Waals surface area contributed by atoms with Crippen LogP contribution < -0.4 is 0 Å². The Hall–Kier alpha value is -0.890. The summed E-state index contributed by atoms with van der Waals surface area (Å²) in [6, 6.07) is 0.667. The van der Waals surface area contributed by atoms with Gasteiger partial charge in [0, 0.05) is 51.9 Å². The van der Waals surface area contributed by atoms with Gasteiger partial charge in [0.25, 0.3) is 0 Å². The number of morpholine rings is 2. The van der Waals surface area contributed by atoms with Gasteiger partial charge >= 0.3 is 6.03 Å². The third kappa shape index (κ3) is 2.40. The molecule has 1 spiro atoms. The first-order valence-corrected chi connectivity index (χ1v) is 8.33. The molecule has 0 bridgehead atoms. The van der Waals surface area contributed by atoms with E-state index in [0.717, 1.165) is 59.0 Å². The number of ether oxygens (including phenoxy) is 2. The van der Waals surface area contributed by atoms with Crippen molar-refractivity contribution < 1.29 is 14.3 Å². The second kappa shape index (κ2) is 5.63. The number of likely N-dealkylation sites (tertiary alicyclic amines) is 1. The molecule has 7 nitrogen and oxygen atoms in total. The standard InChI is InChI=1S/C15H26N4O3/c1-16-8-13-9-22-7-4-19(13)15(10-16)11-18(12-15)14(20)17-2-5-21-6-3-17/h13H,2-12H2,1H3. The van der Waals surface area contributed by atoms with Crippen molar-refractivity contribution in [2.24, 2.45) is 0 Å². The van der Waals surface area contributed by atoms with Crippen LogP contribution in [0, 0.1) is 0 Å². The monoisotopic (exact) mass is 310 g/mol. The molecule has 1 atom stereocenters. The van der Waals surface area contributed by atoms with Gasteiger partial charge in [-0.2, -0.15) is 0 Å². The molecule has 2 amide bonds. The van der Waals surface area contributed by atoms with Crippen molar-refractivity contribution in [1.82, 2.24) is 19.6 Å². The van der Waals surface area contributed by atoms with Gasteiger partial charge in [0.1, 0.15) is 0 Å². The molecule has 0 aromatic carbocycles. The molecule has 1 unspecified atom stereocenters. The number of amides is 2. The largest absolute Gasteiger partial charge is 0.378 e. The predicted molar refractivity (Wildman–Crippen MR) is 80.9 cm³/mol. The zero-order valence-electron chi connectivity index (χ0n) is 13.4. The summed E-state index contributed by atoms with van der Waals surface area (Å²) in [5.41, 5.74) is 0.142. The quantitative estimate of drug-likeness (QED) is 0.583. The minimum atomic E-state index is 0.142. The zero-order chi connectivity index (χ0) is 15.2. The van der Waals surface area contributed by atoms with E-state index in [0.29, 0.717) is 19.3 Å². The van der Waals surface area contributed by atoms with E-state index in [1.807, 2.05) is 9.80 Å². The molecule has 124 valence electrons. The Morgan fingerprint density at radius 3 is 2.50 bits per heavy atom. The predicted octanol–water partition coefficient (Wildman–Crippen LogP) is -0.861. The van der Waals surface area contributed by atoms with Gasteiger partial charge in [0.05, 0.1) is 32.0 Å². The minimum absolute atomic E-state index is 0.142. The maximum absolute atomic E-state index is 12.6. The van der Waals surface area contributed by atoms with E-state index in [-0.39, 0.29) is 11.6 Å². The Balaban J connectivity index is 1.42. The Morgan fingerprint density at radius 2 is 1.73 bits per heavy atom. The third-order valence-corrected chi connectivity index (χ3v) is 5.45. The lowest BCUT2D eigenvalue weighted by atomic mass is 9.83. The van der Waals surface area contributed by atoms with Crippen LogP contribution in [0.25, 0.3) is 0 Å². The molecule has 4 heterocycles. The lowest BCUT2D eigenvalue weighted by Gasteiger charge is -2.63. The van der Waals surface area contributed by atoms with E-state index in [2.05, 4.69) is 16.8 Å². The number of piperazine rings is 1. The number of likely N-dealkylation sites (N-methyl/N-ethyl adjacent to an activating group) is 1. The fraction of sp³-hybridized carbons (Fsp3) is 0.933. The number of carbonyl (C=O) groups is 1. The highest BCUT2D eigenvalue weighted by molar-refractivity contribution is 5.76. The lowest BCUT2D eigenvalue weighted by Crippen LogP contribution is -2.81. The molecule has 0 saturated carbocycles. The van der Waals surface area contributed by atoms with E-state index in [4.69, 9.17) is 9.47 Å². The highest BCUT2D eigenvalue weighted by Gasteiger charge is 2.55. The highest BCUT2D eigenvalue weighted by atomic mass is 16.5. The van der Waals surface area contributed by atoms with E-state index < -0.39 is 0 Å². The number of urea groups is 1. The summed E-state index contributed by atoms with van der Waals surface area (Å²) in [6.07, 6.45) is 0. The molecule has 4 saturated heterocycles. The molecule has 0 aromatic heterocycles. The molecule has 4 aliphatic rings. The summed E-state index contributed by atoms with van der Waals surface area (Å²) in [4.78, 5) is 21.5. The maximum Gasteiger partial charge on any atom is 0.320 e. The Bertz CT molecular complexity index is 435. The van der Waals surface area contributed by atoms with Gasteiger partial charge in [-0.1, -0.05) is 0 Å². The first-order chi connectivity index (χ1) is 10.7. The SMILES string of the molecule is CN1CC2COCCN2C2(C1)CN(C(=O)N1CCOCC1)C2. The normalized spacial score (nSPS) is 32.7. The van der Waals surface area contributed by atoms with E-state index >= 15 is 0 Å². The summed E-state index contributed by atoms with van der Waals surface area (Å²) in [6.45, 7) is 9.24. The summed E-state index contributed by atoms with van der Waals surface area (Å²) in [5, 5.41) is 0. The fourth-order valence-corrected chi connectivity index (χ4v) is 4.48. The second-order valence-corrected chi connectivity index (χ2v) is 7.08. The van der Waals surface area contributed by atoms with Crippen LogP contribution in [0.4, 0.5) is 4.79 Å². The molecule has 4 aliphatic heterocycles. The molecule has 0 N–H and O–H groups in total. The smallest absolute Gasteiger partial charge is 0.320 e. The molecule has 4 fully saturated rings. The van der Waals surface area contributed by atoms with Crippen molar-refractivity contribution in [2.75, 3.05) is 79.3 Å². The summed E-state index contributed by atoms with van der Waals surface area (Å²) in [5.74, 6) is 0. The number of fused-ring (bicyclic) bond motifs is 2. The van der Waals surface area contributed by atoms with Crippen molar-refractivity contribution in [3.8, 4) is 0 Å². The average molecular weight is 310 g/mol. The van der Waals surface area contributed by atoms with Crippen LogP contribution in [0.2, 0.25) is 0 Å². The third-order valence-electron chi connectivity index (χ3n) is 5.45. The Kier molecular flexibility index (Phi) is 3.76. The van der Waals surface area contributed by atoms with E-state index in [1.54, 1.807) is 0 Å². The first kappa shape index (κ1) is 14.7. The number of carbonyl (C=O) groups excluding carboxylic acids is 1. The van der Waals surface area contributed by atoms with Gasteiger partial charge in [0.2, 0.25) is 0 Å². The van der Waals surface area contributed by atoms with Crippen molar-refractivity contribution in [3.05, 3.63) is 0 Å². The second-order valence-electron chi connectivity index (χ2n) is 7.08. The van der Waals surface area contributed by atoms with Crippen LogP contribution in [-0.4, -0.2) is 117 Å². The zero-order valence-corrected chi connectivity index (χ0v) is 13.4. The summed E-state index contributed by atoms with van der Waals surface area (Å²) >= 11 is 0. The van der Waals surface area contributed by atoms with Gasteiger partial charge in [-0.15, -0.1) is 0 Å². The molecule has 0 aromatic rings. The van der Waals surface area contributed by atoms with Crippen molar-refractivity contribution >= 4 is 6.03 Å². The van der Waals surface area contributed by atoms with Crippen LogP contribution in [0.15, 0.2) is 0 Å². The van der Waals surface area contributed by atoms with Crippen molar-refractivity contribution in [2.45, 2.75) is 11.6 Å². The van der Waals surface area contributed by atoms with Gasteiger partial charge in [0.15, 0.2) is 0 Å². The van der Waals surface area contributed by atoms with Crippen LogP contribution in [0.3, 0.4) is 0 Å². The molecule has 0 radical (unpaired) electrons. The van der Waals surface area contributed by atoms with Crippen LogP contribution >= 0.6 is 0 Å². The van der Waals surface area contributed by atoms with E-state index in [1.165, 1.54) is 0 Å². The van der Waals surface area contributed by atoms with Gasteiger partial charge in [-0.3, -0.25) is 4.90 Å². The number of hydrogen-bond donors (Lipinski definition) is 0. The van der Waals surface area contributed by atoms with Gasteiger partial charge in [-0.25, -0.2) is 4.79 Å². The van der Waals surface area contributed by atoms with Crippen LogP contribution in [-0.2, 0) is 9.47 Å². The number of hydrogen-bond acceptors (Lipinski definition) is 5. The van der Waals surface area contributed by atoms with Crippen molar-refractivity contribution in [1.29, 1.82) is 0 Å². The average Bonchev–Trinajstić information content (AvgIpc) is 2.52. The Morgan fingerprint density at radius 1 is 1.00 bits per heavy atom. The van der Waals surface area contributed by atoms with Gasteiger partial charge < -0.3 is 24.2 Å². The summed E-state index contributed by atoms with van der Waals surface area (Å²) < 4.78 is 11.0. The number of nitrogens with zero attached hydrogens (tertiary/aromatic N) is 4. The maximum atomic E-state index is 12.6. The minimum Gasteiger partial charge on any atom is -0.378 e. The molecule has 0 aliphatic carbocycles. The molecule has 22 heavy (non-hydrogen) atoms. The first-order valence-electron chi connectivity index (χ1n) is 8.33. The highest BCUT2D eigenvalue weighted by Crippen LogP contribution is 2.35. The molecular formula is C15H26N4O3. The molecule has 4 rings (SSSR count). The topological polar surface area (TPSA) is 48.5 Å². The molecular weight excluding hydrogens is 284 g/mol.